The van der Waals surface area contributed by atoms with Gasteiger partial charge in [0.05, 0.1) is 16.3 Å². The Hall–Kier alpha value is -2.99. The first kappa shape index (κ1) is 19.3. The quantitative estimate of drug-likeness (QED) is 0.424. The van der Waals surface area contributed by atoms with E-state index in [1.54, 1.807) is 35.6 Å². The first-order valence-corrected chi connectivity index (χ1v) is 10.4. The Bertz CT molecular complexity index is 1040. The van der Waals surface area contributed by atoms with Gasteiger partial charge in [-0.05, 0) is 67.6 Å². The maximum Gasteiger partial charge on any atom is 0.338 e. The topological polar surface area (TPSA) is 65.5 Å². The van der Waals surface area contributed by atoms with Gasteiger partial charge in [0.2, 0.25) is 0 Å². The molecule has 0 N–H and O–H groups in total. The molecule has 0 amide bonds. The van der Waals surface area contributed by atoms with Crippen LogP contribution in [0.3, 0.4) is 0 Å². The molecule has 4 rings (SSSR count). The molecule has 1 aromatic heterocycles. The highest BCUT2D eigenvalue weighted by molar-refractivity contribution is 7.09. The van der Waals surface area contributed by atoms with Gasteiger partial charge < -0.3 is 9.47 Å². The predicted molar refractivity (Wildman–Crippen MR) is 111 cm³/mol. The molecule has 1 heterocycles. The van der Waals surface area contributed by atoms with E-state index in [2.05, 4.69) is 4.98 Å². The van der Waals surface area contributed by atoms with Crippen LogP contribution in [0.2, 0.25) is 0 Å². The van der Waals surface area contributed by atoms with Crippen molar-refractivity contribution >= 4 is 23.1 Å². The fourth-order valence-corrected chi connectivity index (χ4v) is 3.96. The number of carbonyl (C=O) groups is 2. The molecular weight excluding hydrogens is 386 g/mol. The van der Waals surface area contributed by atoms with E-state index >= 15 is 0 Å². The number of hydrogen-bond donors (Lipinski definition) is 0. The smallest absolute Gasteiger partial charge is 0.338 e. The summed E-state index contributed by atoms with van der Waals surface area (Å²) < 4.78 is 10.9. The molecule has 0 saturated carbocycles. The number of aromatic nitrogens is 1. The lowest BCUT2D eigenvalue weighted by atomic mass is 10.0. The summed E-state index contributed by atoms with van der Waals surface area (Å²) in [7, 11) is 0. The van der Waals surface area contributed by atoms with E-state index in [-0.39, 0.29) is 12.4 Å². The monoisotopic (exact) mass is 407 g/mol. The van der Waals surface area contributed by atoms with Crippen molar-refractivity contribution in [1.29, 1.82) is 0 Å². The zero-order valence-corrected chi connectivity index (χ0v) is 17.0. The van der Waals surface area contributed by atoms with E-state index in [4.69, 9.17) is 9.47 Å². The van der Waals surface area contributed by atoms with Gasteiger partial charge in [-0.1, -0.05) is 12.1 Å². The Morgan fingerprint density at radius 2 is 1.79 bits per heavy atom. The number of fused-ring (bicyclic) bond motifs is 1. The number of ether oxygens (including phenoxy) is 2. The van der Waals surface area contributed by atoms with Crippen LogP contribution in [0.25, 0.3) is 0 Å². The Kier molecular flexibility index (Phi) is 5.71. The van der Waals surface area contributed by atoms with Crippen molar-refractivity contribution in [2.45, 2.75) is 32.8 Å². The van der Waals surface area contributed by atoms with E-state index in [1.807, 2.05) is 30.5 Å². The molecule has 0 unspecified atom stereocenters. The lowest BCUT2D eigenvalue weighted by molar-refractivity contribution is 0.0474. The predicted octanol–water partition coefficient (Wildman–Crippen LogP) is 4.56. The molecular formula is C23H21NO4S. The largest absolute Gasteiger partial charge is 0.487 e. The molecule has 148 valence electrons. The second-order valence-electron chi connectivity index (χ2n) is 7.01. The standard InChI is InChI=1S/C23H21NO4S/c1-15-24-20(14-29-15)12-27-21-9-7-17(8-10-21)23(26)28-13-22(25)19-6-5-16-3-2-4-18(16)11-19/h5-11,14H,2-4,12-13H2,1H3. The Morgan fingerprint density at radius 3 is 2.55 bits per heavy atom. The lowest BCUT2D eigenvalue weighted by Crippen LogP contribution is -2.14. The molecule has 3 aromatic rings. The Morgan fingerprint density at radius 1 is 1.03 bits per heavy atom. The molecule has 0 saturated heterocycles. The highest BCUT2D eigenvalue weighted by Gasteiger charge is 2.16. The third-order valence-electron chi connectivity index (χ3n) is 4.90. The van der Waals surface area contributed by atoms with Crippen LogP contribution in [0, 0.1) is 6.92 Å². The van der Waals surface area contributed by atoms with Crippen LogP contribution in [-0.2, 0) is 24.2 Å². The van der Waals surface area contributed by atoms with Crippen molar-refractivity contribution in [3.8, 4) is 5.75 Å². The molecule has 0 bridgehead atoms. The average Bonchev–Trinajstić information content (AvgIpc) is 3.38. The Labute approximate surface area is 173 Å². The minimum Gasteiger partial charge on any atom is -0.487 e. The summed E-state index contributed by atoms with van der Waals surface area (Å²) in [5, 5.41) is 2.95. The average molecular weight is 407 g/mol. The van der Waals surface area contributed by atoms with Gasteiger partial charge in [0.15, 0.2) is 12.4 Å². The maximum atomic E-state index is 12.4. The second-order valence-corrected chi connectivity index (χ2v) is 8.07. The third kappa shape index (κ3) is 4.71. The van der Waals surface area contributed by atoms with Crippen LogP contribution in [0.5, 0.6) is 5.75 Å². The number of ketones is 1. The maximum absolute atomic E-state index is 12.4. The molecule has 0 fully saturated rings. The zero-order valence-electron chi connectivity index (χ0n) is 16.1. The minimum absolute atomic E-state index is 0.188. The van der Waals surface area contributed by atoms with Gasteiger partial charge in [-0.25, -0.2) is 9.78 Å². The second kappa shape index (κ2) is 8.57. The van der Waals surface area contributed by atoms with E-state index in [0.717, 1.165) is 30.0 Å². The summed E-state index contributed by atoms with van der Waals surface area (Å²) in [4.78, 5) is 28.9. The highest BCUT2D eigenvalue weighted by atomic mass is 32.1. The van der Waals surface area contributed by atoms with E-state index < -0.39 is 5.97 Å². The number of carbonyl (C=O) groups excluding carboxylic acids is 2. The normalized spacial score (nSPS) is 12.4. The first-order valence-electron chi connectivity index (χ1n) is 9.54. The lowest BCUT2D eigenvalue weighted by Gasteiger charge is -2.07. The molecule has 1 aliphatic carbocycles. The summed E-state index contributed by atoms with van der Waals surface area (Å²) in [6.45, 7) is 2.06. The molecule has 29 heavy (non-hydrogen) atoms. The summed E-state index contributed by atoms with van der Waals surface area (Å²) in [6, 6.07) is 12.4. The summed E-state index contributed by atoms with van der Waals surface area (Å²) >= 11 is 1.58. The number of nitrogens with zero attached hydrogens (tertiary/aromatic N) is 1. The molecule has 1 aliphatic rings. The van der Waals surface area contributed by atoms with Crippen molar-refractivity contribution in [2.75, 3.05) is 6.61 Å². The van der Waals surface area contributed by atoms with Gasteiger partial charge in [-0.15, -0.1) is 11.3 Å². The van der Waals surface area contributed by atoms with Gasteiger partial charge in [0.25, 0.3) is 0 Å². The van der Waals surface area contributed by atoms with E-state index in [9.17, 15) is 9.59 Å². The van der Waals surface area contributed by atoms with Crippen molar-refractivity contribution in [2.24, 2.45) is 0 Å². The number of thiazole rings is 1. The molecule has 0 atom stereocenters. The number of aryl methyl sites for hydroxylation is 3. The summed E-state index contributed by atoms with van der Waals surface area (Å²) in [5.41, 5.74) is 4.39. The first-order chi connectivity index (χ1) is 14.1. The highest BCUT2D eigenvalue weighted by Crippen LogP contribution is 2.23. The van der Waals surface area contributed by atoms with Gasteiger partial charge in [-0.3, -0.25) is 4.79 Å². The van der Waals surface area contributed by atoms with Crippen LogP contribution in [0.15, 0.2) is 47.8 Å². The molecule has 0 spiro atoms. The van der Waals surface area contributed by atoms with Crippen LogP contribution in [0.4, 0.5) is 0 Å². The van der Waals surface area contributed by atoms with Crippen molar-refractivity contribution in [3.63, 3.8) is 0 Å². The van der Waals surface area contributed by atoms with Crippen LogP contribution < -0.4 is 4.74 Å². The molecule has 2 aromatic carbocycles. The van der Waals surface area contributed by atoms with Gasteiger partial charge in [0, 0.05) is 10.9 Å². The number of esters is 1. The minimum atomic E-state index is -0.527. The van der Waals surface area contributed by atoms with Crippen LogP contribution >= 0.6 is 11.3 Å². The van der Waals surface area contributed by atoms with Crippen LogP contribution in [0.1, 0.15) is 49.0 Å². The molecule has 5 nitrogen and oxygen atoms in total. The molecule has 0 radical (unpaired) electrons. The summed E-state index contributed by atoms with van der Waals surface area (Å²) in [6.07, 6.45) is 3.21. The van der Waals surface area contributed by atoms with Crippen LogP contribution in [-0.4, -0.2) is 23.3 Å². The van der Waals surface area contributed by atoms with Crippen molar-refractivity contribution < 1.29 is 19.1 Å². The van der Waals surface area contributed by atoms with Crippen molar-refractivity contribution in [1.82, 2.24) is 4.98 Å². The van der Waals surface area contributed by atoms with Gasteiger partial charge in [0.1, 0.15) is 12.4 Å². The Balaban J connectivity index is 1.29. The molecule has 6 heteroatoms. The zero-order chi connectivity index (χ0) is 20.2. The fourth-order valence-electron chi connectivity index (χ4n) is 3.36. The SMILES string of the molecule is Cc1nc(COc2ccc(C(=O)OCC(=O)c3ccc4c(c3)CCC4)cc2)cs1. The van der Waals surface area contributed by atoms with Gasteiger partial charge >= 0.3 is 5.97 Å². The van der Waals surface area contributed by atoms with Gasteiger partial charge in [-0.2, -0.15) is 0 Å². The fraction of sp³-hybridized carbons (Fsp3) is 0.261. The molecule has 0 aliphatic heterocycles. The van der Waals surface area contributed by atoms with Crippen molar-refractivity contribution in [3.05, 3.63) is 80.8 Å². The number of Topliss-reactive ketones (excluding diaryl/α,β-unsaturated/α-hetero) is 1. The number of benzene rings is 2. The van der Waals surface area contributed by atoms with E-state index in [1.165, 1.54) is 11.1 Å². The summed E-state index contributed by atoms with van der Waals surface area (Å²) in [5.74, 6) is -0.0748. The third-order valence-corrected chi connectivity index (χ3v) is 5.72. The van der Waals surface area contributed by atoms with E-state index in [0.29, 0.717) is 23.5 Å². The number of hydrogen-bond acceptors (Lipinski definition) is 6. The number of rotatable bonds is 7.